The molecule has 0 spiro atoms. The molecule has 1 heterocycles. The quantitative estimate of drug-likeness (QED) is 0.862. The molecule has 2 rings (SSSR count). The van der Waals surface area contributed by atoms with Crippen molar-refractivity contribution in [3.63, 3.8) is 0 Å². The lowest BCUT2D eigenvalue weighted by molar-refractivity contribution is -0.126. The van der Waals surface area contributed by atoms with Crippen molar-refractivity contribution >= 4 is 5.91 Å². The van der Waals surface area contributed by atoms with Crippen LogP contribution in [0, 0.1) is 11.8 Å². The molecule has 2 N–H and O–H groups in total. The summed E-state index contributed by atoms with van der Waals surface area (Å²) >= 11 is 0. The van der Waals surface area contributed by atoms with E-state index < -0.39 is 6.10 Å². The minimum absolute atomic E-state index is 0.0470. The Bertz CT molecular complexity index is 445. The van der Waals surface area contributed by atoms with Gasteiger partial charge < -0.3 is 15.2 Å². The normalized spacial score (nSPS) is 19.5. The van der Waals surface area contributed by atoms with Gasteiger partial charge in [0.1, 0.15) is 12.4 Å². The van der Waals surface area contributed by atoms with Gasteiger partial charge in [0.25, 0.3) is 0 Å². The van der Waals surface area contributed by atoms with E-state index in [9.17, 15) is 9.90 Å². The monoisotopic (exact) mass is 263 g/mol. The Morgan fingerprint density at radius 2 is 2.21 bits per heavy atom. The molecular formula is C15H21NO3. The fourth-order valence-electron chi connectivity index (χ4n) is 2.08. The summed E-state index contributed by atoms with van der Waals surface area (Å²) in [7, 11) is 0. The van der Waals surface area contributed by atoms with Crippen molar-refractivity contribution in [2.75, 3.05) is 13.2 Å². The molecule has 2 atom stereocenters. The summed E-state index contributed by atoms with van der Waals surface area (Å²) in [5, 5.41) is 12.5. The molecule has 4 nitrogen and oxygen atoms in total. The van der Waals surface area contributed by atoms with Crippen molar-refractivity contribution in [2.45, 2.75) is 26.4 Å². The van der Waals surface area contributed by atoms with E-state index in [-0.39, 0.29) is 17.7 Å². The number of para-hydroxylation sites is 1. The number of hydrogen-bond donors (Lipinski definition) is 2. The first-order valence-corrected chi connectivity index (χ1v) is 6.74. The molecule has 0 saturated heterocycles. The number of carbonyl (C=O) groups is 1. The van der Waals surface area contributed by atoms with Crippen LogP contribution in [0.3, 0.4) is 0 Å². The summed E-state index contributed by atoms with van der Waals surface area (Å²) in [4.78, 5) is 12.0. The molecule has 0 fully saturated rings. The number of benzene rings is 1. The van der Waals surface area contributed by atoms with Gasteiger partial charge in [-0.3, -0.25) is 4.79 Å². The fraction of sp³-hybridized carbons (Fsp3) is 0.533. The summed E-state index contributed by atoms with van der Waals surface area (Å²) in [5.74, 6) is 0.792. The maximum Gasteiger partial charge on any atom is 0.226 e. The third-order valence-electron chi connectivity index (χ3n) is 3.50. The molecule has 0 aromatic heterocycles. The van der Waals surface area contributed by atoms with Gasteiger partial charge in [0.2, 0.25) is 5.91 Å². The predicted octanol–water partition coefficient (Wildman–Crippen LogP) is 1.37. The minimum atomic E-state index is -0.499. The smallest absolute Gasteiger partial charge is 0.226 e. The molecule has 1 aromatic rings. The lowest BCUT2D eigenvalue weighted by Crippen LogP contribution is -2.41. The van der Waals surface area contributed by atoms with Crippen LogP contribution < -0.4 is 10.1 Å². The molecule has 4 heteroatoms. The molecule has 2 unspecified atom stereocenters. The molecule has 1 amide bonds. The Hall–Kier alpha value is -1.55. The van der Waals surface area contributed by atoms with E-state index in [1.807, 2.05) is 38.1 Å². The molecule has 1 aliphatic heterocycles. The van der Waals surface area contributed by atoms with Gasteiger partial charge in [0.05, 0.1) is 12.0 Å². The second-order valence-electron chi connectivity index (χ2n) is 5.38. The molecule has 1 aromatic carbocycles. The Kier molecular flexibility index (Phi) is 4.43. The second kappa shape index (κ2) is 6.06. The third kappa shape index (κ3) is 3.47. The van der Waals surface area contributed by atoms with Gasteiger partial charge in [0, 0.05) is 6.54 Å². The summed E-state index contributed by atoms with van der Waals surface area (Å²) in [6, 6.07) is 7.78. The number of carbonyl (C=O) groups excluding carboxylic acids is 1. The SMILES string of the molecule is CC(C)C(O)CNC(=O)C1COc2ccccc2C1. The largest absolute Gasteiger partial charge is 0.492 e. The highest BCUT2D eigenvalue weighted by atomic mass is 16.5. The Labute approximate surface area is 113 Å². The van der Waals surface area contributed by atoms with Gasteiger partial charge in [-0.05, 0) is 24.0 Å². The molecule has 1 aliphatic rings. The van der Waals surface area contributed by atoms with Crippen molar-refractivity contribution in [2.24, 2.45) is 11.8 Å². The van der Waals surface area contributed by atoms with Gasteiger partial charge in [-0.25, -0.2) is 0 Å². The predicted molar refractivity (Wildman–Crippen MR) is 73.0 cm³/mol. The number of rotatable bonds is 4. The molecule has 0 bridgehead atoms. The van der Waals surface area contributed by atoms with Crippen LogP contribution in [0.2, 0.25) is 0 Å². The van der Waals surface area contributed by atoms with Crippen LogP contribution in [0.5, 0.6) is 5.75 Å². The average molecular weight is 263 g/mol. The van der Waals surface area contributed by atoms with Crippen LogP contribution in [-0.4, -0.2) is 30.3 Å². The summed E-state index contributed by atoms with van der Waals surface area (Å²) in [6.45, 7) is 4.56. The Balaban J connectivity index is 1.89. The molecule has 104 valence electrons. The average Bonchev–Trinajstić information content (AvgIpc) is 2.43. The van der Waals surface area contributed by atoms with Gasteiger partial charge in [0.15, 0.2) is 0 Å². The van der Waals surface area contributed by atoms with Gasteiger partial charge in [-0.2, -0.15) is 0 Å². The van der Waals surface area contributed by atoms with Crippen molar-refractivity contribution in [1.29, 1.82) is 0 Å². The summed E-state index contributed by atoms with van der Waals surface area (Å²) in [5.41, 5.74) is 1.07. The maximum absolute atomic E-state index is 12.0. The van der Waals surface area contributed by atoms with Crippen LogP contribution in [0.4, 0.5) is 0 Å². The van der Waals surface area contributed by atoms with Gasteiger partial charge in [-0.15, -0.1) is 0 Å². The number of ether oxygens (including phenoxy) is 1. The van der Waals surface area contributed by atoms with Gasteiger partial charge >= 0.3 is 0 Å². The number of nitrogens with one attached hydrogen (secondary N) is 1. The van der Waals surface area contributed by atoms with Crippen LogP contribution in [-0.2, 0) is 11.2 Å². The third-order valence-corrected chi connectivity index (χ3v) is 3.50. The Morgan fingerprint density at radius 1 is 1.47 bits per heavy atom. The molecule has 0 saturated carbocycles. The summed E-state index contributed by atoms with van der Waals surface area (Å²) in [6.07, 6.45) is 0.195. The zero-order valence-corrected chi connectivity index (χ0v) is 11.4. The fourth-order valence-corrected chi connectivity index (χ4v) is 2.08. The summed E-state index contributed by atoms with van der Waals surface area (Å²) < 4.78 is 5.59. The van der Waals surface area contributed by atoms with E-state index in [1.165, 1.54) is 0 Å². The maximum atomic E-state index is 12.0. The lowest BCUT2D eigenvalue weighted by atomic mass is 9.96. The van der Waals surface area contributed by atoms with Crippen LogP contribution in [0.25, 0.3) is 0 Å². The van der Waals surface area contributed by atoms with Crippen molar-refractivity contribution in [3.05, 3.63) is 29.8 Å². The number of amides is 1. The number of fused-ring (bicyclic) bond motifs is 1. The van der Waals surface area contributed by atoms with Crippen LogP contribution in [0.1, 0.15) is 19.4 Å². The van der Waals surface area contributed by atoms with Crippen molar-refractivity contribution < 1.29 is 14.6 Å². The molecule has 19 heavy (non-hydrogen) atoms. The molecular weight excluding hydrogens is 242 g/mol. The number of hydrogen-bond acceptors (Lipinski definition) is 3. The van der Waals surface area contributed by atoms with E-state index in [2.05, 4.69) is 5.32 Å². The Morgan fingerprint density at radius 3 is 2.95 bits per heavy atom. The van der Waals surface area contributed by atoms with E-state index >= 15 is 0 Å². The zero-order valence-electron chi connectivity index (χ0n) is 11.4. The van der Waals surface area contributed by atoms with Gasteiger partial charge in [-0.1, -0.05) is 32.0 Å². The van der Waals surface area contributed by atoms with Crippen LogP contribution >= 0.6 is 0 Å². The van der Waals surface area contributed by atoms with E-state index in [1.54, 1.807) is 0 Å². The van der Waals surface area contributed by atoms with Crippen molar-refractivity contribution in [3.8, 4) is 5.75 Å². The topological polar surface area (TPSA) is 58.6 Å². The van der Waals surface area contributed by atoms with Crippen LogP contribution in [0.15, 0.2) is 24.3 Å². The highest BCUT2D eigenvalue weighted by molar-refractivity contribution is 5.79. The number of aliphatic hydroxyl groups excluding tert-OH is 1. The zero-order chi connectivity index (χ0) is 13.8. The standard InChI is InChI=1S/C15H21NO3/c1-10(2)13(17)8-16-15(18)12-7-11-5-3-4-6-14(11)19-9-12/h3-6,10,12-13,17H,7-9H2,1-2H3,(H,16,18). The molecule has 0 aliphatic carbocycles. The first kappa shape index (κ1) is 13.9. The van der Waals surface area contributed by atoms with Crippen molar-refractivity contribution in [1.82, 2.24) is 5.32 Å². The first-order valence-electron chi connectivity index (χ1n) is 6.74. The first-order chi connectivity index (χ1) is 9.08. The minimum Gasteiger partial charge on any atom is -0.492 e. The van der Waals surface area contributed by atoms with E-state index in [0.717, 1.165) is 11.3 Å². The second-order valence-corrected chi connectivity index (χ2v) is 5.38. The highest BCUT2D eigenvalue weighted by Crippen LogP contribution is 2.26. The highest BCUT2D eigenvalue weighted by Gasteiger charge is 2.26. The van der Waals surface area contributed by atoms with E-state index in [4.69, 9.17) is 4.74 Å². The number of aliphatic hydroxyl groups is 1. The lowest BCUT2D eigenvalue weighted by Gasteiger charge is -2.25. The molecule has 0 radical (unpaired) electrons. The van der Waals surface area contributed by atoms with E-state index in [0.29, 0.717) is 19.6 Å².